The molecule has 3 aromatic rings. The zero-order chi connectivity index (χ0) is 26.0. The van der Waals surface area contributed by atoms with Crippen molar-refractivity contribution in [3.63, 3.8) is 0 Å². The smallest absolute Gasteiger partial charge is 0.0420 e. The van der Waals surface area contributed by atoms with Crippen LogP contribution in [0.1, 0.15) is 95.4 Å². The van der Waals surface area contributed by atoms with Gasteiger partial charge in [-0.3, -0.25) is 0 Å². The van der Waals surface area contributed by atoms with Crippen LogP contribution in [0, 0.1) is 32.6 Å². The van der Waals surface area contributed by atoms with Crippen molar-refractivity contribution >= 4 is 11.4 Å². The molecule has 0 aliphatic heterocycles. The lowest BCUT2D eigenvalue weighted by Crippen LogP contribution is -2.07. The zero-order valence-corrected chi connectivity index (χ0v) is 23.8. The molecule has 190 valence electrons. The Hall–Kier alpha value is -2.54. The molecule has 0 radical (unpaired) electrons. The predicted molar refractivity (Wildman–Crippen MR) is 158 cm³/mol. The lowest BCUT2D eigenvalue weighted by Gasteiger charge is -2.24. The molecule has 0 amide bonds. The second kappa shape index (κ2) is 14.1. The average Bonchev–Trinajstić information content (AvgIpc) is 2.83. The van der Waals surface area contributed by atoms with Gasteiger partial charge < -0.3 is 5.32 Å². The fraction of sp³-hybridized carbons (Fsp3) is 0.471. The van der Waals surface area contributed by atoms with Crippen molar-refractivity contribution in [1.82, 2.24) is 0 Å². The number of aryl methyl sites for hydroxylation is 3. The molecule has 0 spiro atoms. The first-order chi connectivity index (χ1) is 16.7. The second-order valence-corrected chi connectivity index (χ2v) is 10.8. The topological polar surface area (TPSA) is 12.0 Å². The van der Waals surface area contributed by atoms with E-state index < -0.39 is 0 Å². The van der Waals surface area contributed by atoms with E-state index in [1.54, 1.807) is 0 Å². The Bertz CT molecular complexity index is 1010. The van der Waals surface area contributed by atoms with E-state index in [1.807, 2.05) is 0 Å². The van der Waals surface area contributed by atoms with Gasteiger partial charge in [-0.15, -0.1) is 0 Å². The van der Waals surface area contributed by atoms with E-state index in [0.717, 1.165) is 18.3 Å². The van der Waals surface area contributed by atoms with Gasteiger partial charge in [0.05, 0.1) is 0 Å². The van der Waals surface area contributed by atoms with Gasteiger partial charge in [-0.25, -0.2) is 0 Å². The summed E-state index contributed by atoms with van der Waals surface area (Å²) in [5, 5.41) is 3.75. The third kappa shape index (κ3) is 9.21. The molecule has 1 heteroatoms. The highest BCUT2D eigenvalue weighted by Crippen LogP contribution is 2.37. The lowest BCUT2D eigenvalue weighted by molar-refractivity contribution is 0.447. The fourth-order valence-electron chi connectivity index (χ4n) is 4.31. The highest BCUT2D eigenvalue weighted by molar-refractivity contribution is 5.72. The Morgan fingerprint density at radius 1 is 0.629 bits per heavy atom. The third-order valence-corrected chi connectivity index (χ3v) is 7.07. The van der Waals surface area contributed by atoms with Crippen molar-refractivity contribution in [2.45, 2.75) is 93.9 Å². The van der Waals surface area contributed by atoms with Crippen LogP contribution in [0.2, 0.25) is 0 Å². The van der Waals surface area contributed by atoms with Gasteiger partial charge in [-0.2, -0.15) is 0 Å². The van der Waals surface area contributed by atoms with Crippen LogP contribution in [0.4, 0.5) is 11.4 Å². The molecule has 35 heavy (non-hydrogen) atoms. The summed E-state index contributed by atoms with van der Waals surface area (Å²) in [7, 11) is 0. The SMILES string of the molecule is CCC(C)C.CCC(C)CC(CC)c1cc(-c2ccc(C)cc2)ccc1Nc1cc(C)cc(C)c1. The molecule has 2 atom stereocenters. The van der Waals surface area contributed by atoms with Crippen molar-refractivity contribution in [2.24, 2.45) is 11.8 Å². The number of hydrogen-bond acceptors (Lipinski definition) is 1. The number of nitrogens with one attached hydrogen (secondary N) is 1. The minimum Gasteiger partial charge on any atom is -0.355 e. The molecule has 0 heterocycles. The quantitative estimate of drug-likeness (QED) is 0.327. The molecule has 3 aromatic carbocycles. The van der Waals surface area contributed by atoms with Crippen LogP contribution in [0.3, 0.4) is 0 Å². The molecule has 0 aromatic heterocycles. The number of anilines is 2. The summed E-state index contributed by atoms with van der Waals surface area (Å²) in [6.45, 7) is 20.1. The van der Waals surface area contributed by atoms with Gasteiger partial charge in [0.1, 0.15) is 0 Å². The van der Waals surface area contributed by atoms with E-state index in [0.29, 0.717) is 5.92 Å². The summed E-state index contributed by atoms with van der Waals surface area (Å²) >= 11 is 0. The number of rotatable bonds is 9. The molecule has 0 aliphatic carbocycles. The Kier molecular flexibility index (Phi) is 11.6. The molecule has 0 bridgehead atoms. The average molecular weight is 472 g/mol. The monoisotopic (exact) mass is 471 g/mol. The molecule has 0 aliphatic rings. The maximum Gasteiger partial charge on any atom is 0.0420 e. The Balaban J connectivity index is 0.000000784. The molecule has 1 N–H and O–H groups in total. The molecule has 3 rings (SSSR count). The minimum absolute atomic E-state index is 0.554. The lowest BCUT2D eigenvalue weighted by atomic mass is 9.84. The number of hydrogen-bond donors (Lipinski definition) is 1. The number of benzene rings is 3. The molecule has 0 fully saturated rings. The van der Waals surface area contributed by atoms with Crippen molar-refractivity contribution < 1.29 is 0 Å². The van der Waals surface area contributed by atoms with Crippen LogP contribution < -0.4 is 5.32 Å². The predicted octanol–water partition coefficient (Wildman–Crippen LogP) is 11.0. The fourth-order valence-corrected chi connectivity index (χ4v) is 4.31. The second-order valence-electron chi connectivity index (χ2n) is 10.8. The van der Waals surface area contributed by atoms with E-state index in [2.05, 4.69) is 128 Å². The maximum absolute atomic E-state index is 3.75. The molecule has 2 unspecified atom stereocenters. The largest absolute Gasteiger partial charge is 0.355 e. The molecule has 0 saturated carbocycles. The summed E-state index contributed by atoms with van der Waals surface area (Å²) in [6.07, 6.45) is 4.92. The normalized spacial score (nSPS) is 12.6. The highest BCUT2D eigenvalue weighted by atomic mass is 14.9. The maximum atomic E-state index is 3.75. The van der Waals surface area contributed by atoms with Gasteiger partial charge in [-0.1, -0.05) is 96.3 Å². The summed E-state index contributed by atoms with van der Waals surface area (Å²) < 4.78 is 0. The van der Waals surface area contributed by atoms with E-state index in [4.69, 9.17) is 0 Å². The van der Waals surface area contributed by atoms with Gasteiger partial charge in [0, 0.05) is 11.4 Å². The van der Waals surface area contributed by atoms with Crippen molar-refractivity contribution in [3.05, 3.63) is 82.9 Å². The van der Waals surface area contributed by atoms with Crippen molar-refractivity contribution in [2.75, 3.05) is 5.32 Å². The van der Waals surface area contributed by atoms with Gasteiger partial charge in [0.25, 0.3) is 0 Å². The van der Waals surface area contributed by atoms with Gasteiger partial charge in [0.2, 0.25) is 0 Å². The Morgan fingerprint density at radius 3 is 1.71 bits per heavy atom. The van der Waals surface area contributed by atoms with Crippen LogP contribution in [0.5, 0.6) is 0 Å². The van der Waals surface area contributed by atoms with Crippen LogP contribution in [-0.4, -0.2) is 0 Å². The molecular weight excluding hydrogens is 422 g/mol. The Morgan fingerprint density at radius 2 is 1.20 bits per heavy atom. The zero-order valence-electron chi connectivity index (χ0n) is 23.8. The Labute approximate surface area is 216 Å². The van der Waals surface area contributed by atoms with Gasteiger partial charge >= 0.3 is 0 Å². The first kappa shape index (κ1) is 28.7. The van der Waals surface area contributed by atoms with E-state index in [1.165, 1.54) is 64.0 Å². The highest BCUT2D eigenvalue weighted by Gasteiger charge is 2.18. The minimum atomic E-state index is 0.554. The first-order valence-electron chi connectivity index (χ1n) is 13.7. The van der Waals surface area contributed by atoms with Crippen molar-refractivity contribution in [3.8, 4) is 11.1 Å². The van der Waals surface area contributed by atoms with Crippen LogP contribution in [-0.2, 0) is 0 Å². The molecule has 0 saturated heterocycles. The van der Waals surface area contributed by atoms with E-state index in [-0.39, 0.29) is 0 Å². The van der Waals surface area contributed by atoms with Crippen LogP contribution in [0.25, 0.3) is 11.1 Å². The third-order valence-electron chi connectivity index (χ3n) is 7.07. The van der Waals surface area contributed by atoms with Crippen LogP contribution in [0.15, 0.2) is 60.7 Å². The van der Waals surface area contributed by atoms with Gasteiger partial charge in [0.15, 0.2) is 0 Å². The summed E-state index contributed by atoms with van der Waals surface area (Å²) in [5.41, 5.74) is 10.3. The summed E-state index contributed by atoms with van der Waals surface area (Å²) in [5.74, 6) is 2.17. The first-order valence-corrected chi connectivity index (χ1v) is 13.7. The van der Waals surface area contributed by atoms with Crippen LogP contribution >= 0.6 is 0 Å². The summed E-state index contributed by atoms with van der Waals surface area (Å²) in [4.78, 5) is 0. The van der Waals surface area contributed by atoms with Crippen molar-refractivity contribution in [1.29, 1.82) is 0 Å². The standard InChI is InChI=1S/C29H37N.C5H12/c1-7-20(3)16-24(8-2)28-19-26(25-11-9-21(4)10-12-25)13-14-29(28)30-27-17-22(5)15-23(6)18-27;1-4-5(2)3/h9-15,17-20,24,30H,7-8,16H2,1-6H3;5H,4H2,1-3H3. The van der Waals surface area contributed by atoms with E-state index >= 15 is 0 Å². The van der Waals surface area contributed by atoms with E-state index in [9.17, 15) is 0 Å². The van der Waals surface area contributed by atoms with Gasteiger partial charge in [-0.05, 0) is 103 Å². The molecule has 1 nitrogen and oxygen atoms in total. The summed E-state index contributed by atoms with van der Waals surface area (Å²) in [6, 6.07) is 22.5. The molecular formula is C34H49N.